The maximum Gasteiger partial charge on any atom is 0.300 e. The number of hydrogen-bond donors (Lipinski definition) is 5. The highest BCUT2D eigenvalue weighted by Crippen LogP contribution is 2.32. The number of carboxylic acid groups (broad SMARTS) is 1. The lowest BCUT2D eigenvalue weighted by molar-refractivity contribution is -0.134. The Kier molecular flexibility index (Phi) is 12.6. The fourth-order valence-corrected chi connectivity index (χ4v) is 4.19. The van der Waals surface area contributed by atoms with Crippen molar-refractivity contribution in [1.82, 2.24) is 10.2 Å². The first-order valence-electron chi connectivity index (χ1n) is 13.6. The number of carbonyl (C=O) groups is 2. The molecule has 0 unspecified atom stereocenters. The van der Waals surface area contributed by atoms with Gasteiger partial charge in [-0.15, -0.1) is 0 Å². The summed E-state index contributed by atoms with van der Waals surface area (Å²) in [6, 6.07) is 21.7. The molecule has 0 bridgehead atoms. The quantitative estimate of drug-likeness (QED) is 0.161. The molecule has 1 aliphatic heterocycles. The topological polar surface area (TPSA) is 159 Å². The second kappa shape index (κ2) is 16.6. The number of nitrogen functional groups attached to an aromatic ring is 1. The van der Waals surface area contributed by atoms with E-state index in [2.05, 4.69) is 15.5 Å². The van der Waals surface area contributed by atoms with Crippen molar-refractivity contribution in [2.24, 2.45) is 5.73 Å². The molecule has 6 N–H and O–H groups in total. The molecule has 1 atom stereocenters. The molecule has 0 spiro atoms. The minimum Gasteiger partial charge on any atom is -0.493 e. The minimum absolute atomic E-state index is 0.0114. The van der Waals surface area contributed by atoms with Crippen LogP contribution in [0.3, 0.4) is 0 Å². The number of morpholine rings is 1. The van der Waals surface area contributed by atoms with Gasteiger partial charge in [-0.2, -0.15) is 0 Å². The van der Waals surface area contributed by atoms with Crippen molar-refractivity contribution in [2.75, 3.05) is 51.9 Å². The first-order valence-corrected chi connectivity index (χ1v) is 13.6. The Bertz CT molecular complexity index is 1290. The average molecular weight is 578 g/mol. The average Bonchev–Trinajstić information content (AvgIpc) is 3.00. The summed E-state index contributed by atoms with van der Waals surface area (Å²) < 4.78 is 17.1. The lowest BCUT2D eigenvalue weighted by Gasteiger charge is -2.26. The molecule has 1 heterocycles. The van der Waals surface area contributed by atoms with Gasteiger partial charge in [0.1, 0.15) is 18.5 Å². The summed E-state index contributed by atoms with van der Waals surface area (Å²) >= 11 is 0. The lowest BCUT2D eigenvalue weighted by Crippen LogP contribution is -2.38. The summed E-state index contributed by atoms with van der Waals surface area (Å²) in [5, 5.41) is 21.4. The fourth-order valence-electron chi connectivity index (χ4n) is 4.19. The number of hydrogen-bond acceptors (Lipinski definition) is 8. The molecule has 0 aliphatic carbocycles. The summed E-state index contributed by atoms with van der Waals surface area (Å²) in [4.78, 5) is 24.7. The van der Waals surface area contributed by atoms with Gasteiger partial charge in [-0.25, -0.2) is 0 Å². The third-order valence-electron chi connectivity index (χ3n) is 6.37. The zero-order valence-electron chi connectivity index (χ0n) is 24.0. The van der Waals surface area contributed by atoms with Crippen molar-refractivity contribution in [3.8, 4) is 11.5 Å². The first-order chi connectivity index (χ1) is 20.3. The van der Waals surface area contributed by atoms with E-state index < -0.39 is 12.0 Å². The van der Waals surface area contributed by atoms with Crippen molar-refractivity contribution < 1.29 is 28.9 Å². The number of benzene rings is 3. The van der Waals surface area contributed by atoms with Crippen LogP contribution in [-0.2, 0) is 20.9 Å². The van der Waals surface area contributed by atoms with E-state index in [1.165, 1.54) is 0 Å². The Morgan fingerprint density at radius 1 is 1.05 bits per heavy atom. The molecule has 224 valence electrons. The van der Waals surface area contributed by atoms with E-state index in [0.717, 1.165) is 56.6 Å². The zero-order valence-corrected chi connectivity index (χ0v) is 24.0. The number of anilines is 1. The van der Waals surface area contributed by atoms with Crippen LogP contribution < -0.4 is 25.8 Å². The van der Waals surface area contributed by atoms with Crippen LogP contribution in [0.2, 0.25) is 0 Å². The maximum atomic E-state index is 13.4. The molecule has 3 aromatic carbocycles. The van der Waals surface area contributed by atoms with E-state index in [-0.39, 0.29) is 11.7 Å². The molecule has 11 heteroatoms. The van der Waals surface area contributed by atoms with E-state index in [0.29, 0.717) is 30.2 Å². The van der Waals surface area contributed by atoms with Gasteiger partial charge in [0, 0.05) is 44.4 Å². The van der Waals surface area contributed by atoms with Gasteiger partial charge in [0.2, 0.25) is 5.91 Å². The van der Waals surface area contributed by atoms with E-state index in [1.54, 1.807) is 31.4 Å². The summed E-state index contributed by atoms with van der Waals surface area (Å²) in [7, 11) is 1.59. The highest BCUT2D eigenvalue weighted by Gasteiger charge is 2.23. The van der Waals surface area contributed by atoms with Gasteiger partial charge in [0.15, 0.2) is 11.5 Å². The van der Waals surface area contributed by atoms with Crippen LogP contribution >= 0.6 is 0 Å². The van der Waals surface area contributed by atoms with E-state index in [1.807, 2.05) is 48.5 Å². The molecular formula is C31H39N5O6. The predicted octanol–water partition coefficient (Wildman–Crippen LogP) is 3.25. The normalized spacial score (nSPS) is 13.6. The largest absolute Gasteiger partial charge is 0.493 e. The maximum absolute atomic E-state index is 13.4. The third-order valence-corrected chi connectivity index (χ3v) is 6.37. The predicted molar refractivity (Wildman–Crippen MR) is 161 cm³/mol. The second-order valence-corrected chi connectivity index (χ2v) is 9.50. The number of amidine groups is 1. The Morgan fingerprint density at radius 2 is 1.71 bits per heavy atom. The van der Waals surface area contributed by atoms with E-state index >= 15 is 0 Å². The number of methoxy groups -OCH3 is 1. The number of nitrogens with one attached hydrogen (secondary N) is 3. The Hall–Kier alpha value is -4.61. The summed E-state index contributed by atoms with van der Waals surface area (Å²) in [6.07, 6.45) is 0. The van der Waals surface area contributed by atoms with Crippen LogP contribution in [0.4, 0.5) is 5.69 Å². The van der Waals surface area contributed by atoms with E-state index in [9.17, 15) is 4.79 Å². The van der Waals surface area contributed by atoms with Crippen molar-refractivity contribution in [1.29, 1.82) is 5.41 Å². The Labute approximate surface area is 246 Å². The van der Waals surface area contributed by atoms with Gasteiger partial charge < -0.3 is 35.7 Å². The molecule has 0 radical (unpaired) electrons. The Balaban J connectivity index is 0.00000114. The first kappa shape index (κ1) is 31.9. The number of amides is 1. The Morgan fingerprint density at radius 3 is 2.33 bits per heavy atom. The van der Waals surface area contributed by atoms with Gasteiger partial charge >= 0.3 is 0 Å². The monoisotopic (exact) mass is 577 g/mol. The number of carbonyl (C=O) groups excluding carboxylic acids is 1. The van der Waals surface area contributed by atoms with Crippen LogP contribution in [0.25, 0.3) is 0 Å². The highest BCUT2D eigenvalue weighted by molar-refractivity contribution is 5.95. The van der Waals surface area contributed by atoms with Crippen LogP contribution in [0.5, 0.6) is 11.5 Å². The molecule has 11 nitrogen and oxygen atoms in total. The molecule has 1 saturated heterocycles. The number of rotatable bonds is 12. The highest BCUT2D eigenvalue weighted by atomic mass is 16.5. The van der Waals surface area contributed by atoms with Crippen LogP contribution in [0.1, 0.15) is 29.7 Å². The number of carboxylic acids is 1. The molecule has 0 saturated carbocycles. The van der Waals surface area contributed by atoms with Gasteiger partial charge in [0.05, 0.1) is 20.3 Å². The van der Waals surface area contributed by atoms with Crippen molar-refractivity contribution in [2.45, 2.75) is 19.5 Å². The molecule has 1 amide bonds. The van der Waals surface area contributed by atoms with Gasteiger partial charge in [-0.1, -0.05) is 36.4 Å². The van der Waals surface area contributed by atoms with Gasteiger partial charge in [-0.3, -0.25) is 19.9 Å². The molecule has 1 aliphatic rings. The lowest BCUT2D eigenvalue weighted by atomic mass is 10.0. The number of nitrogens with two attached hydrogens (primary N) is 1. The summed E-state index contributed by atoms with van der Waals surface area (Å²) in [6.45, 7) is 6.11. The second-order valence-electron chi connectivity index (χ2n) is 9.50. The summed E-state index contributed by atoms with van der Waals surface area (Å²) in [5.74, 6) is 0.146. The van der Waals surface area contributed by atoms with Gasteiger partial charge in [-0.05, 0) is 47.5 Å². The molecule has 42 heavy (non-hydrogen) atoms. The van der Waals surface area contributed by atoms with E-state index in [4.69, 9.17) is 35.3 Å². The smallest absolute Gasteiger partial charge is 0.300 e. The SMILES string of the molecule is CC(=O)O.COc1cc([C@@H](Nc2ccc(C(=N)N)cc2)C(=O)NCc2ccccc2)ccc1OCCN1CCOCC1. The number of aliphatic carboxylic acids is 1. The summed E-state index contributed by atoms with van der Waals surface area (Å²) in [5.41, 5.74) is 8.65. The van der Waals surface area contributed by atoms with Crippen molar-refractivity contribution in [3.05, 3.63) is 89.5 Å². The zero-order chi connectivity index (χ0) is 30.3. The van der Waals surface area contributed by atoms with Crippen molar-refractivity contribution in [3.63, 3.8) is 0 Å². The molecular weight excluding hydrogens is 538 g/mol. The standard InChI is InChI=1S/C29H35N5O4.C2H4O2/c1-36-26-19-23(9-12-25(26)38-18-15-34-13-16-37-17-14-34)27(29(35)32-20-21-5-3-2-4-6-21)33-24-10-7-22(8-11-24)28(30)31;1-2(3)4/h2-12,19,27,33H,13-18,20H2,1H3,(H3,30,31)(H,32,35);1H3,(H,3,4)/t27-;/m1./s1. The molecule has 4 rings (SSSR count). The fraction of sp³-hybridized carbons (Fsp3) is 0.323. The number of ether oxygens (including phenoxy) is 3. The molecule has 3 aromatic rings. The van der Waals surface area contributed by atoms with Crippen LogP contribution in [0.15, 0.2) is 72.8 Å². The van der Waals surface area contributed by atoms with Gasteiger partial charge in [0.25, 0.3) is 5.97 Å². The van der Waals surface area contributed by atoms with Crippen LogP contribution in [-0.4, -0.2) is 74.3 Å². The van der Waals surface area contributed by atoms with Crippen molar-refractivity contribution >= 4 is 23.4 Å². The molecule has 0 aromatic heterocycles. The molecule has 1 fully saturated rings. The minimum atomic E-state index is -0.833. The number of nitrogens with zero attached hydrogens (tertiary/aromatic N) is 1. The van der Waals surface area contributed by atoms with Crippen LogP contribution in [0, 0.1) is 5.41 Å². The third kappa shape index (κ3) is 10.4.